The molecule has 0 bridgehead atoms. The van der Waals surface area contributed by atoms with Gasteiger partial charge < -0.3 is 24.8 Å². The fraction of sp³-hybridized carbons (Fsp3) is 0.273. The number of hydrogen-bond acceptors (Lipinski definition) is 6. The van der Waals surface area contributed by atoms with Gasteiger partial charge in [0.15, 0.2) is 5.65 Å². The molecule has 0 atom stereocenters. The fourth-order valence-corrected chi connectivity index (χ4v) is 3.56. The van der Waals surface area contributed by atoms with Crippen molar-refractivity contribution in [3.63, 3.8) is 0 Å². The highest BCUT2D eigenvalue weighted by atomic mass is 19.3. The highest BCUT2D eigenvalue weighted by Gasteiger charge is 2.22. The number of benzene rings is 1. The topological polar surface area (TPSA) is 103 Å². The standard InChI is InChI=1S/C22H22F2N6O3/c1-2-18(31)30-9-7-29(8-10-30)17-13-26-20-19(28-17)16(12-25-20)21(32)27-11-14-3-5-15(6-4-14)33-22(23)24/h2-6,12-13,22H,1,7-11H2,(H,25,26)(H,27,32). The normalized spacial score (nSPS) is 13.9. The van der Waals surface area contributed by atoms with Gasteiger partial charge >= 0.3 is 6.61 Å². The van der Waals surface area contributed by atoms with Crippen molar-refractivity contribution in [2.24, 2.45) is 0 Å². The molecule has 9 nitrogen and oxygen atoms in total. The Morgan fingerprint density at radius 1 is 1.21 bits per heavy atom. The molecule has 0 radical (unpaired) electrons. The third kappa shape index (κ3) is 5.08. The summed E-state index contributed by atoms with van der Waals surface area (Å²) in [5.41, 5.74) is 1.99. The van der Waals surface area contributed by atoms with Crippen molar-refractivity contribution in [3.05, 3.63) is 60.4 Å². The first-order valence-electron chi connectivity index (χ1n) is 10.3. The third-order valence-electron chi connectivity index (χ3n) is 5.30. The summed E-state index contributed by atoms with van der Waals surface area (Å²) in [7, 11) is 0. The van der Waals surface area contributed by atoms with Gasteiger partial charge in [0.25, 0.3) is 5.91 Å². The minimum atomic E-state index is -2.89. The SMILES string of the molecule is C=CC(=O)N1CCN(c2cnc3[nH]cc(C(=O)NCc4ccc(OC(F)F)cc4)c3n2)CC1. The van der Waals surface area contributed by atoms with Gasteiger partial charge in [0.1, 0.15) is 17.1 Å². The molecule has 1 aromatic carbocycles. The largest absolute Gasteiger partial charge is 0.435 e. The molecule has 3 aromatic rings. The van der Waals surface area contributed by atoms with Crippen molar-refractivity contribution in [2.75, 3.05) is 31.1 Å². The Bertz CT molecular complexity index is 1160. The van der Waals surface area contributed by atoms with E-state index >= 15 is 0 Å². The molecule has 2 aromatic heterocycles. The zero-order valence-corrected chi connectivity index (χ0v) is 17.6. The number of carbonyl (C=O) groups is 2. The van der Waals surface area contributed by atoms with E-state index < -0.39 is 6.61 Å². The van der Waals surface area contributed by atoms with E-state index in [0.717, 1.165) is 5.56 Å². The van der Waals surface area contributed by atoms with E-state index in [2.05, 4.69) is 31.6 Å². The van der Waals surface area contributed by atoms with Gasteiger partial charge in [-0.05, 0) is 23.8 Å². The summed E-state index contributed by atoms with van der Waals surface area (Å²) in [4.78, 5) is 40.2. The van der Waals surface area contributed by atoms with Gasteiger partial charge in [0, 0.05) is 38.9 Å². The molecule has 172 valence electrons. The Hall–Kier alpha value is -4.02. The Morgan fingerprint density at radius 3 is 2.61 bits per heavy atom. The summed E-state index contributed by atoms with van der Waals surface area (Å²) < 4.78 is 28.8. The van der Waals surface area contributed by atoms with Crippen LogP contribution in [0.2, 0.25) is 0 Å². The van der Waals surface area contributed by atoms with Gasteiger partial charge in [-0.25, -0.2) is 9.97 Å². The van der Waals surface area contributed by atoms with E-state index in [-0.39, 0.29) is 24.1 Å². The minimum Gasteiger partial charge on any atom is -0.435 e. The molecule has 1 aliphatic rings. The van der Waals surface area contributed by atoms with Crippen LogP contribution in [0, 0.1) is 0 Å². The van der Waals surface area contributed by atoms with Crippen LogP contribution < -0.4 is 15.0 Å². The van der Waals surface area contributed by atoms with Crippen LogP contribution in [-0.2, 0) is 11.3 Å². The van der Waals surface area contributed by atoms with E-state index in [0.29, 0.717) is 48.7 Å². The number of alkyl halides is 2. The van der Waals surface area contributed by atoms with Crippen molar-refractivity contribution in [3.8, 4) is 5.75 Å². The average Bonchev–Trinajstić information content (AvgIpc) is 3.26. The number of carbonyl (C=O) groups excluding carboxylic acids is 2. The second-order valence-corrected chi connectivity index (χ2v) is 7.35. The number of nitrogens with zero attached hydrogens (tertiary/aromatic N) is 4. The molecule has 0 aliphatic carbocycles. The first-order valence-corrected chi connectivity index (χ1v) is 10.3. The molecule has 1 fully saturated rings. The number of amides is 2. The number of H-pyrrole nitrogens is 1. The monoisotopic (exact) mass is 456 g/mol. The maximum absolute atomic E-state index is 12.8. The lowest BCUT2D eigenvalue weighted by molar-refractivity contribution is -0.126. The Morgan fingerprint density at radius 2 is 1.94 bits per heavy atom. The van der Waals surface area contributed by atoms with E-state index in [1.165, 1.54) is 18.2 Å². The highest BCUT2D eigenvalue weighted by Crippen LogP contribution is 2.20. The third-order valence-corrected chi connectivity index (χ3v) is 5.30. The number of ether oxygens (including phenoxy) is 1. The van der Waals surface area contributed by atoms with E-state index in [1.807, 2.05) is 4.90 Å². The summed E-state index contributed by atoms with van der Waals surface area (Å²) in [6.07, 6.45) is 4.48. The zero-order chi connectivity index (χ0) is 23.4. The molecule has 2 amide bonds. The summed E-state index contributed by atoms with van der Waals surface area (Å²) in [5.74, 6) is 0.227. The smallest absolute Gasteiger partial charge is 0.387 e. The van der Waals surface area contributed by atoms with E-state index in [1.54, 1.807) is 29.4 Å². The van der Waals surface area contributed by atoms with Crippen LogP contribution in [0.5, 0.6) is 5.75 Å². The number of hydrogen-bond donors (Lipinski definition) is 2. The summed E-state index contributed by atoms with van der Waals surface area (Å²) >= 11 is 0. The predicted molar refractivity (Wildman–Crippen MR) is 117 cm³/mol. The molecule has 1 aliphatic heterocycles. The molecule has 33 heavy (non-hydrogen) atoms. The summed E-state index contributed by atoms with van der Waals surface area (Å²) in [5, 5.41) is 2.79. The molecule has 4 rings (SSSR count). The molecular formula is C22H22F2N6O3. The first-order chi connectivity index (χ1) is 15.9. The predicted octanol–water partition coefficient (Wildman–Crippen LogP) is 2.32. The quantitative estimate of drug-likeness (QED) is 0.529. The van der Waals surface area contributed by atoms with E-state index in [4.69, 9.17) is 0 Å². The van der Waals surface area contributed by atoms with Crippen molar-refractivity contribution in [1.82, 2.24) is 25.2 Å². The van der Waals surface area contributed by atoms with Crippen LogP contribution >= 0.6 is 0 Å². The number of anilines is 1. The lowest BCUT2D eigenvalue weighted by Crippen LogP contribution is -2.48. The fourth-order valence-electron chi connectivity index (χ4n) is 3.56. The number of halogens is 2. The number of rotatable bonds is 7. The average molecular weight is 456 g/mol. The number of piperazine rings is 1. The van der Waals surface area contributed by atoms with Crippen molar-refractivity contribution < 1.29 is 23.1 Å². The lowest BCUT2D eigenvalue weighted by Gasteiger charge is -2.34. The summed E-state index contributed by atoms with van der Waals surface area (Å²) in [6, 6.07) is 6.03. The Kier molecular flexibility index (Phi) is 6.48. The Balaban J connectivity index is 1.42. The maximum Gasteiger partial charge on any atom is 0.387 e. The lowest BCUT2D eigenvalue weighted by atomic mass is 10.2. The Labute approximate surface area is 188 Å². The number of aromatic nitrogens is 3. The van der Waals surface area contributed by atoms with Gasteiger partial charge in [0.2, 0.25) is 5.91 Å². The van der Waals surface area contributed by atoms with Crippen LogP contribution in [-0.4, -0.2) is 64.5 Å². The van der Waals surface area contributed by atoms with Crippen LogP contribution in [0.1, 0.15) is 15.9 Å². The maximum atomic E-state index is 12.8. The highest BCUT2D eigenvalue weighted by molar-refractivity contribution is 6.04. The van der Waals surface area contributed by atoms with Crippen LogP contribution in [0.4, 0.5) is 14.6 Å². The van der Waals surface area contributed by atoms with Crippen LogP contribution in [0.25, 0.3) is 11.2 Å². The number of fused-ring (bicyclic) bond motifs is 1. The van der Waals surface area contributed by atoms with Crippen molar-refractivity contribution in [1.29, 1.82) is 0 Å². The molecule has 0 unspecified atom stereocenters. The number of aromatic amines is 1. The molecule has 0 saturated carbocycles. The van der Waals surface area contributed by atoms with Crippen LogP contribution in [0.3, 0.4) is 0 Å². The van der Waals surface area contributed by atoms with Gasteiger partial charge in [0.05, 0.1) is 11.8 Å². The van der Waals surface area contributed by atoms with Gasteiger partial charge in [-0.2, -0.15) is 8.78 Å². The zero-order valence-electron chi connectivity index (χ0n) is 17.6. The van der Waals surface area contributed by atoms with Gasteiger partial charge in [-0.1, -0.05) is 18.7 Å². The second-order valence-electron chi connectivity index (χ2n) is 7.35. The molecular weight excluding hydrogens is 434 g/mol. The molecule has 1 saturated heterocycles. The second kappa shape index (κ2) is 9.63. The van der Waals surface area contributed by atoms with Crippen molar-refractivity contribution in [2.45, 2.75) is 13.2 Å². The number of nitrogens with one attached hydrogen (secondary N) is 2. The summed E-state index contributed by atoms with van der Waals surface area (Å²) in [6.45, 7) is 3.11. The van der Waals surface area contributed by atoms with Crippen LogP contribution in [0.15, 0.2) is 49.3 Å². The molecule has 2 N–H and O–H groups in total. The molecule has 0 spiro atoms. The van der Waals surface area contributed by atoms with Gasteiger partial charge in [-0.15, -0.1) is 0 Å². The minimum absolute atomic E-state index is 0.0502. The van der Waals surface area contributed by atoms with Crippen molar-refractivity contribution >= 4 is 28.8 Å². The van der Waals surface area contributed by atoms with E-state index in [9.17, 15) is 18.4 Å². The van der Waals surface area contributed by atoms with Gasteiger partial charge in [-0.3, -0.25) is 9.59 Å². The molecule has 3 heterocycles. The first kappa shape index (κ1) is 22.2. The molecule has 11 heteroatoms.